The Kier molecular flexibility index (Phi) is 5.75. The number of aliphatic carboxylic acids is 1. The van der Waals surface area contributed by atoms with Crippen LogP contribution in [0.3, 0.4) is 0 Å². The number of hydrogen-bond acceptors (Lipinski definition) is 4. The molecule has 0 aromatic heterocycles. The van der Waals surface area contributed by atoms with Crippen LogP contribution in [0.5, 0.6) is 0 Å². The quantitative estimate of drug-likeness (QED) is 0.500. The Morgan fingerprint density at radius 1 is 1.16 bits per heavy atom. The Morgan fingerprint density at radius 2 is 1.79 bits per heavy atom. The number of carbonyl (C=O) groups is 3. The first kappa shape index (κ1) is 15.4. The monoisotopic (exact) mass is 271 g/mol. The van der Waals surface area contributed by atoms with Gasteiger partial charge in [0.1, 0.15) is 6.54 Å². The molecular formula is C12H21N3O4. The molecule has 0 bridgehead atoms. The molecule has 7 heteroatoms. The van der Waals surface area contributed by atoms with Gasteiger partial charge < -0.3 is 21.1 Å². The highest BCUT2D eigenvalue weighted by atomic mass is 16.4. The lowest BCUT2D eigenvalue weighted by Gasteiger charge is -2.35. The Bertz CT molecular complexity index is 351. The molecule has 0 saturated carbocycles. The van der Waals surface area contributed by atoms with E-state index in [4.69, 9.17) is 5.11 Å². The van der Waals surface area contributed by atoms with Crippen LogP contribution in [-0.4, -0.2) is 49.1 Å². The molecule has 0 spiro atoms. The van der Waals surface area contributed by atoms with E-state index in [0.29, 0.717) is 0 Å². The van der Waals surface area contributed by atoms with Gasteiger partial charge in [0.25, 0.3) is 0 Å². The van der Waals surface area contributed by atoms with E-state index < -0.39 is 23.8 Å². The average Bonchev–Trinajstić information content (AvgIpc) is 2.43. The van der Waals surface area contributed by atoms with E-state index in [9.17, 15) is 14.4 Å². The van der Waals surface area contributed by atoms with Crippen molar-refractivity contribution >= 4 is 17.8 Å². The number of carboxylic acid groups (broad SMARTS) is 1. The van der Waals surface area contributed by atoms with Crippen molar-refractivity contribution in [3.05, 3.63) is 0 Å². The second kappa shape index (κ2) is 7.08. The molecule has 4 N–H and O–H groups in total. The lowest BCUT2D eigenvalue weighted by Crippen LogP contribution is -2.49. The van der Waals surface area contributed by atoms with Gasteiger partial charge in [-0.1, -0.05) is 6.92 Å². The molecule has 1 heterocycles. The van der Waals surface area contributed by atoms with Crippen LogP contribution in [0.2, 0.25) is 0 Å². The maximum atomic E-state index is 12.2. The predicted octanol–water partition coefficient (Wildman–Crippen LogP) is -0.917. The SMILES string of the molecule is CCC1(C(=O)NCC(=O)NCC(=O)O)CCNCC1. The molecule has 1 aliphatic rings. The summed E-state index contributed by atoms with van der Waals surface area (Å²) < 4.78 is 0. The summed E-state index contributed by atoms with van der Waals surface area (Å²) >= 11 is 0. The van der Waals surface area contributed by atoms with Gasteiger partial charge in [-0.15, -0.1) is 0 Å². The number of rotatable bonds is 6. The van der Waals surface area contributed by atoms with Crippen molar-refractivity contribution in [3.8, 4) is 0 Å². The zero-order valence-corrected chi connectivity index (χ0v) is 11.1. The molecule has 7 nitrogen and oxygen atoms in total. The van der Waals surface area contributed by atoms with E-state index in [1.807, 2.05) is 6.92 Å². The molecule has 1 fully saturated rings. The molecule has 19 heavy (non-hydrogen) atoms. The van der Waals surface area contributed by atoms with Gasteiger partial charge in [0, 0.05) is 0 Å². The standard InChI is InChI=1S/C12H21N3O4/c1-2-12(3-5-13-6-4-12)11(19)15-7-9(16)14-8-10(17)18/h13H,2-8H2,1H3,(H,14,16)(H,15,19)(H,17,18). The molecular weight excluding hydrogens is 250 g/mol. The van der Waals surface area contributed by atoms with Crippen LogP contribution in [0.1, 0.15) is 26.2 Å². The van der Waals surface area contributed by atoms with Crippen molar-refractivity contribution in [1.82, 2.24) is 16.0 Å². The Hall–Kier alpha value is -1.63. The van der Waals surface area contributed by atoms with Crippen molar-refractivity contribution in [2.75, 3.05) is 26.2 Å². The number of carboxylic acids is 1. The second-order valence-corrected chi connectivity index (χ2v) is 4.74. The van der Waals surface area contributed by atoms with E-state index in [-0.39, 0.29) is 12.5 Å². The summed E-state index contributed by atoms with van der Waals surface area (Å²) in [4.78, 5) is 33.8. The van der Waals surface area contributed by atoms with Crippen LogP contribution in [0.25, 0.3) is 0 Å². The summed E-state index contributed by atoms with van der Waals surface area (Å²) in [5, 5.41) is 16.4. The van der Waals surface area contributed by atoms with E-state index >= 15 is 0 Å². The fraction of sp³-hybridized carbons (Fsp3) is 0.750. The summed E-state index contributed by atoms with van der Waals surface area (Å²) in [5.74, 6) is -1.72. The Labute approximate surface area is 112 Å². The third kappa shape index (κ3) is 4.51. The van der Waals surface area contributed by atoms with Crippen molar-refractivity contribution in [3.63, 3.8) is 0 Å². The Balaban J connectivity index is 2.40. The van der Waals surface area contributed by atoms with Crippen LogP contribution in [0.4, 0.5) is 0 Å². The third-order valence-corrected chi connectivity index (χ3v) is 3.57. The predicted molar refractivity (Wildman–Crippen MR) is 68.5 cm³/mol. The maximum Gasteiger partial charge on any atom is 0.322 e. The van der Waals surface area contributed by atoms with E-state index in [1.165, 1.54) is 0 Å². The van der Waals surface area contributed by atoms with Gasteiger partial charge in [-0.3, -0.25) is 14.4 Å². The minimum atomic E-state index is -1.11. The van der Waals surface area contributed by atoms with Gasteiger partial charge in [-0.05, 0) is 32.4 Å². The molecule has 0 atom stereocenters. The minimum absolute atomic E-state index is 0.123. The number of carbonyl (C=O) groups excluding carboxylic acids is 2. The summed E-state index contributed by atoms with van der Waals surface area (Å²) in [6, 6.07) is 0. The zero-order valence-electron chi connectivity index (χ0n) is 11.1. The summed E-state index contributed by atoms with van der Waals surface area (Å²) in [7, 11) is 0. The highest BCUT2D eigenvalue weighted by Gasteiger charge is 2.37. The van der Waals surface area contributed by atoms with Crippen LogP contribution < -0.4 is 16.0 Å². The summed E-state index contributed by atoms with van der Waals surface area (Å²) in [5.41, 5.74) is -0.404. The van der Waals surface area contributed by atoms with Gasteiger partial charge in [0.15, 0.2) is 0 Å². The van der Waals surface area contributed by atoms with Crippen molar-refractivity contribution in [2.24, 2.45) is 5.41 Å². The lowest BCUT2D eigenvalue weighted by atomic mass is 9.76. The average molecular weight is 271 g/mol. The van der Waals surface area contributed by atoms with Crippen LogP contribution in [0.15, 0.2) is 0 Å². The number of amides is 2. The van der Waals surface area contributed by atoms with Crippen LogP contribution in [-0.2, 0) is 14.4 Å². The molecule has 0 unspecified atom stereocenters. The van der Waals surface area contributed by atoms with Gasteiger partial charge in [0.2, 0.25) is 11.8 Å². The summed E-state index contributed by atoms with van der Waals surface area (Å²) in [6.07, 6.45) is 2.25. The largest absolute Gasteiger partial charge is 0.480 e. The van der Waals surface area contributed by atoms with Crippen molar-refractivity contribution in [1.29, 1.82) is 0 Å². The van der Waals surface area contributed by atoms with Crippen molar-refractivity contribution < 1.29 is 19.5 Å². The molecule has 2 amide bonds. The van der Waals surface area contributed by atoms with Crippen LogP contribution >= 0.6 is 0 Å². The second-order valence-electron chi connectivity index (χ2n) is 4.74. The lowest BCUT2D eigenvalue weighted by molar-refractivity contribution is -0.138. The molecule has 1 rings (SSSR count). The zero-order chi connectivity index (χ0) is 14.3. The van der Waals surface area contributed by atoms with Crippen LogP contribution in [0, 0.1) is 5.41 Å². The highest BCUT2D eigenvalue weighted by Crippen LogP contribution is 2.32. The van der Waals surface area contributed by atoms with E-state index in [2.05, 4.69) is 16.0 Å². The van der Waals surface area contributed by atoms with Gasteiger partial charge >= 0.3 is 5.97 Å². The number of nitrogens with one attached hydrogen (secondary N) is 3. The molecule has 1 aliphatic heterocycles. The molecule has 0 radical (unpaired) electrons. The third-order valence-electron chi connectivity index (χ3n) is 3.57. The number of hydrogen-bond donors (Lipinski definition) is 4. The fourth-order valence-electron chi connectivity index (χ4n) is 2.23. The van der Waals surface area contributed by atoms with E-state index in [1.54, 1.807) is 0 Å². The van der Waals surface area contributed by atoms with Gasteiger partial charge in [-0.2, -0.15) is 0 Å². The molecule has 108 valence electrons. The first-order valence-electron chi connectivity index (χ1n) is 6.48. The molecule has 1 saturated heterocycles. The maximum absolute atomic E-state index is 12.2. The normalized spacial score (nSPS) is 17.5. The topological polar surface area (TPSA) is 108 Å². The first-order valence-corrected chi connectivity index (χ1v) is 6.48. The number of piperidine rings is 1. The minimum Gasteiger partial charge on any atom is -0.480 e. The molecule has 0 aromatic rings. The highest BCUT2D eigenvalue weighted by molar-refractivity contribution is 5.89. The smallest absolute Gasteiger partial charge is 0.322 e. The molecule has 0 aliphatic carbocycles. The first-order chi connectivity index (χ1) is 9.00. The Morgan fingerprint density at radius 3 is 2.32 bits per heavy atom. The van der Waals surface area contributed by atoms with Gasteiger partial charge in [-0.25, -0.2) is 0 Å². The van der Waals surface area contributed by atoms with Crippen molar-refractivity contribution in [2.45, 2.75) is 26.2 Å². The molecule has 0 aromatic carbocycles. The van der Waals surface area contributed by atoms with Gasteiger partial charge in [0.05, 0.1) is 12.0 Å². The summed E-state index contributed by atoms with van der Waals surface area (Å²) in [6.45, 7) is 2.95. The van der Waals surface area contributed by atoms with E-state index in [0.717, 1.165) is 32.4 Å². The fourth-order valence-corrected chi connectivity index (χ4v) is 2.23.